The third-order valence-corrected chi connectivity index (χ3v) is 6.79. The van der Waals surface area contributed by atoms with E-state index in [1.54, 1.807) is 30.3 Å². The molecule has 1 aliphatic rings. The fourth-order valence-corrected chi connectivity index (χ4v) is 4.90. The van der Waals surface area contributed by atoms with Crippen LogP contribution in [0.25, 0.3) is 0 Å². The lowest BCUT2D eigenvalue weighted by atomic mass is 10.2. The maximum atomic E-state index is 13.0. The molecule has 150 valence electrons. The Morgan fingerprint density at radius 3 is 2.54 bits per heavy atom. The fourth-order valence-electron chi connectivity index (χ4n) is 3.14. The average molecular weight is 423 g/mol. The minimum Gasteiger partial charge on any atom is -0.492 e. The number of rotatable bonds is 6. The Bertz CT molecular complexity index is 956. The van der Waals surface area contributed by atoms with Crippen LogP contribution in [0, 0.1) is 0 Å². The number of hydrogen-bond donors (Lipinski definition) is 1. The molecule has 8 heteroatoms. The van der Waals surface area contributed by atoms with E-state index in [1.807, 2.05) is 6.92 Å². The smallest absolute Gasteiger partial charge is 0.257 e. The summed E-state index contributed by atoms with van der Waals surface area (Å²) in [6.45, 7) is 3.22. The molecule has 2 aromatic carbocycles. The van der Waals surface area contributed by atoms with Gasteiger partial charge < -0.3 is 10.1 Å². The molecule has 6 nitrogen and oxygen atoms in total. The van der Waals surface area contributed by atoms with Crippen molar-refractivity contribution in [1.82, 2.24) is 4.31 Å². The second-order valence-corrected chi connectivity index (χ2v) is 8.83. The number of carbonyl (C=O) groups excluding carboxylic acids is 1. The number of nitrogens with zero attached hydrogens (tertiary/aromatic N) is 1. The molecule has 28 heavy (non-hydrogen) atoms. The first-order chi connectivity index (χ1) is 13.4. The summed E-state index contributed by atoms with van der Waals surface area (Å²) in [5, 5.41) is 3.05. The van der Waals surface area contributed by atoms with Crippen molar-refractivity contribution < 1.29 is 17.9 Å². The van der Waals surface area contributed by atoms with Crippen LogP contribution in [-0.2, 0) is 10.0 Å². The Morgan fingerprint density at radius 2 is 1.86 bits per heavy atom. The fraction of sp³-hybridized carbons (Fsp3) is 0.350. The van der Waals surface area contributed by atoms with E-state index in [-0.39, 0.29) is 4.90 Å². The quantitative estimate of drug-likeness (QED) is 0.758. The van der Waals surface area contributed by atoms with Gasteiger partial charge in [0.2, 0.25) is 10.0 Å². The summed E-state index contributed by atoms with van der Waals surface area (Å²) in [6.07, 6.45) is 2.74. The van der Waals surface area contributed by atoms with Crippen LogP contribution in [0.3, 0.4) is 0 Å². The van der Waals surface area contributed by atoms with E-state index in [4.69, 9.17) is 16.3 Å². The predicted octanol–water partition coefficient (Wildman–Crippen LogP) is 4.17. The summed E-state index contributed by atoms with van der Waals surface area (Å²) in [6, 6.07) is 11.2. The SMILES string of the molecule is CCOc1ccc(S(=O)(=O)N2CCCCC2)cc1NC(=O)c1ccccc1Cl. The van der Waals surface area contributed by atoms with Crippen molar-refractivity contribution >= 4 is 33.2 Å². The van der Waals surface area contributed by atoms with Crippen molar-refractivity contribution in [2.75, 3.05) is 25.0 Å². The van der Waals surface area contributed by atoms with Crippen LogP contribution in [0.4, 0.5) is 5.69 Å². The molecule has 0 bridgehead atoms. The first kappa shape index (κ1) is 20.6. The van der Waals surface area contributed by atoms with E-state index < -0.39 is 15.9 Å². The average Bonchev–Trinajstić information content (AvgIpc) is 2.70. The number of ether oxygens (including phenoxy) is 1. The standard InChI is InChI=1S/C20H23ClN2O4S/c1-2-27-19-11-10-15(28(25,26)23-12-6-3-7-13-23)14-18(19)22-20(24)16-8-4-5-9-17(16)21/h4-5,8-11,14H,2-3,6-7,12-13H2,1H3,(H,22,24). The van der Waals surface area contributed by atoms with Crippen LogP contribution >= 0.6 is 11.6 Å². The molecule has 1 heterocycles. The van der Waals surface area contributed by atoms with Crippen LogP contribution < -0.4 is 10.1 Å². The molecule has 0 saturated carbocycles. The molecule has 0 atom stereocenters. The lowest BCUT2D eigenvalue weighted by Crippen LogP contribution is -2.35. The van der Waals surface area contributed by atoms with E-state index in [0.717, 1.165) is 19.3 Å². The van der Waals surface area contributed by atoms with Gasteiger partial charge in [0.1, 0.15) is 5.75 Å². The first-order valence-corrected chi connectivity index (χ1v) is 11.1. The summed E-state index contributed by atoms with van der Waals surface area (Å²) in [4.78, 5) is 12.8. The number of sulfonamides is 1. The molecule has 0 radical (unpaired) electrons. The van der Waals surface area contributed by atoms with Gasteiger partial charge in [0, 0.05) is 13.1 Å². The highest BCUT2D eigenvalue weighted by molar-refractivity contribution is 7.89. The number of nitrogens with one attached hydrogen (secondary N) is 1. The predicted molar refractivity (Wildman–Crippen MR) is 110 cm³/mol. The molecule has 1 saturated heterocycles. The van der Waals surface area contributed by atoms with Gasteiger partial charge in [-0.05, 0) is 50.1 Å². The van der Waals surface area contributed by atoms with Gasteiger partial charge in [-0.2, -0.15) is 4.31 Å². The summed E-state index contributed by atoms with van der Waals surface area (Å²) in [5.41, 5.74) is 0.598. The van der Waals surface area contributed by atoms with E-state index in [0.29, 0.717) is 41.7 Å². The van der Waals surface area contributed by atoms with Gasteiger partial charge in [-0.15, -0.1) is 0 Å². The zero-order valence-electron chi connectivity index (χ0n) is 15.7. The van der Waals surface area contributed by atoms with E-state index >= 15 is 0 Å². The van der Waals surface area contributed by atoms with Gasteiger partial charge in [-0.1, -0.05) is 30.2 Å². The lowest BCUT2D eigenvalue weighted by molar-refractivity contribution is 0.102. The number of anilines is 1. The van der Waals surface area contributed by atoms with Crippen molar-refractivity contribution in [3.63, 3.8) is 0 Å². The van der Waals surface area contributed by atoms with Gasteiger partial charge in [0.25, 0.3) is 5.91 Å². The second-order valence-electron chi connectivity index (χ2n) is 6.49. The molecule has 3 rings (SSSR count). The molecular weight excluding hydrogens is 400 g/mol. The highest BCUT2D eigenvalue weighted by atomic mass is 35.5. The van der Waals surface area contributed by atoms with Crippen LogP contribution in [0.1, 0.15) is 36.5 Å². The minimum atomic E-state index is -3.62. The Morgan fingerprint density at radius 1 is 1.14 bits per heavy atom. The van der Waals surface area contributed by atoms with Gasteiger partial charge in [-0.25, -0.2) is 8.42 Å². The highest BCUT2D eigenvalue weighted by Crippen LogP contribution is 2.31. The van der Waals surface area contributed by atoms with Crippen molar-refractivity contribution in [2.24, 2.45) is 0 Å². The normalized spacial score (nSPS) is 15.2. The van der Waals surface area contributed by atoms with Crippen molar-refractivity contribution in [3.05, 3.63) is 53.1 Å². The maximum Gasteiger partial charge on any atom is 0.257 e. The molecule has 1 fully saturated rings. The van der Waals surface area contributed by atoms with Crippen molar-refractivity contribution in [1.29, 1.82) is 0 Å². The van der Waals surface area contributed by atoms with Crippen LogP contribution in [0.5, 0.6) is 5.75 Å². The van der Waals surface area contributed by atoms with Crippen LogP contribution in [0.2, 0.25) is 5.02 Å². The Hall–Kier alpha value is -2.09. The largest absolute Gasteiger partial charge is 0.492 e. The first-order valence-electron chi connectivity index (χ1n) is 9.26. The molecule has 0 aromatic heterocycles. The van der Waals surface area contributed by atoms with E-state index in [9.17, 15) is 13.2 Å². The maximum absolute atomic E-state index is 13.0. The number of benzene rings is 2. The number of halogens is 1. The molecule has 1 N–H and O–H groups in total. The number of piperidine rings is 1. The third-order valence-electron chi connectivity index (χ3n) is 4.57. The Balaban J connectivity index is 1.93. The monoisotopic (exact) mass is 422 g/mol. The summed E-state index contributed by atoms with van der Waals surface area (Å²) in [5.74, 6) is -0.0282. The van der Waals surface area contributed by atoms with Gasteiger partial charge >= 0.3 is 0 Å². The number of hydrogen-bond acceptors (Lipinski definition) is 4. The van der Waals surface area contributed by atoms with Gasteiger partial charge in [0.05, 0.1) is 27.8 Å². The molecule has 1 amide bonds. The van der Waals surface area contributed by atoms with Crippen molar-refractivity contribution in [2.45, 2.75) is 31.1 Å². The molecule has 0 unspecified atom stereocenters. The van der Waals surface area contributed by atoms with E-state index in [1.165, 1.54) is 16.4 Å². The number of carbonyl (C=O) groups is 1. The summed E-state index contributed by atoms with van der Waals surface area (Å²) < 4.78 is 33.0. The molecular formula is C20H23ClN2O4S. The van der Waals surface area contributed by atoms with Crippen LogP contribution in [0.15, 0.2) is 47.4 Å². The van der Waals surface area contributed by atoms with Crippen molar-refractivity contribution in [3.8, 4) is 5.75 Å². The Kier molecular flexibility index (Phi) is 6.59. The zero-order chi connectivity index (χ0) is 20.1. The molecule has 0 spiro atoms. The molecule has 0 aliphatic carbocycles. The van der Waals surface area contributed by atoms with Gasteiger partial charge in [0.15, 0.2) is 0 Å². The lowest BCUT2D eigenvalue weighted by Gasteiger charge is -2.26. The van der Waals surface area contributed by atoms with Crippen LogP contribution in [-0.4, -0.2) is 38.3 Å². The number of amides is 1. The minimum absolute atomic E-state index is 0.132. The van der Waals surface area contributed by atoms with Gasteiger partial charge in [-0.3, -0.25) is 4.79 Å². The molecule has 2 aromatic rings. The molecule has 1 aliphatic heterocycles. The Labute approximate surface area is 170 Å². The zero-order valence-corrected chi connectivity index (χ0v) is 17.2. The summed E-state index contributed by atoms with van der Waals surface area (Å²) in [7, 11) is -3.62. The summed E-state index contributed by atoms with van der Waals surface area (Å²) >= 11 is 6.10. The highest BCUT2D eigenvalue weighted by Gasteiger charge is 2.27. The van der Waals surface area contributed by atoms with E-state index in [2.05, 4.69) is 5.32 Å². The second kappa shape index (κ2) is 8.94. The third kappa shape index (κ3) is 4.48. The topological polar surface area (TPSA) is 75.7 Å².